The molecule has 1 aromatic heterocycles. The maximum atomic E-state index is 10.2. The van der Waals surface area contributed by atoms with Crippen LogP contribution in [0.25, 0.3) is 0 Å². The summed E-state index contributed by atoms with van der Waals surface area (Å²) in [6.07, 6.45) is 0.633. The zero-order valence-corrected chi connectivity index (χ0v) is 14.9. The fourth-order valence-corrected chi connectivity index (χ4v) is 3.51. The van der Waals surface area contributed by atoms with Gasteiger partial charge in [-0.1, -0.05) is 37.3 Å². The lowest BCUT2D eigenvalue weighted by molar-refractivity contribution is 0.00871. The summed E-state index contributed by atoms with van der Waals surface area (Å²) in [6, 6.07) is 14.4. The molecule has 3 nitrogen and oxygen atoms in total. The molecule has 1 N–H and O–H groups in total. The molecular weight excluding hydrogens is 306 g/mol. The average molecular weight is 333 g/mol. The third-order valence-electron chi connectivity index (χ3n) is 3.61. The SMILES string of the molecule is CCCN(Cc1ccc(C)s1)C[C@H](O)COCc1ccccc1. The third kappa shape index (κ3) is 6.83. The van der Waals surface area contributed by atoms with E-state index in [2.05, 4.69) is 30.9 Å². The summed E-state index contributed by atoms with van der Waals surface area (Å²) in [4.78, 5) is 5.00. The Morgan fingerprint density at radius 1 is 1.17 bits per heavy atom. The van der Waals surface area contributed by atoms with Crippen LogP contribution >= 0.6 is 11.3 Å². The normalized spacial score (nSPS) is 12.7. The van der Waals surface area contributed by atoms with E-state index in [0.717, 1.165) is 25.1 Å². The highest BCUT2D eigenvalue weighted by Gasteiger charge is 2.13. The lowest BCUT2D eigenvalue weighted by atomic mass is 10.2. The molecule has 0 aliphatic rings. The van der Waals surface area contributed by atoms with Crippen molar-refractivity contribution < 1.29 is 9.84 Å². The fourth-order valence-electron chi connectivity index (χ4n) is 2.58. The van der Waals surface area contributed by atoms with E-state index >= 15 is 0 Å². The number of thiophene rings is 1. The summed E-state index contributed by atoms with van der Waals surface area (Å²) in [5.41, 5.74) is 1.14. The third-order valence-corrected chi connectivity index (χ3v) is 4.59. The maximum Gasteiger partial charge on any atom is 0.0900 e. The van der Waals surface area contributed by atoms with Gasteiger partial charge >= 0.3 is 0 Å². The molecule has 0 bridgehead atoms. The standard InChI is InChI=1S/C19H27NO2S/c1-3-11-20(13-19-10-9-16(2)23-19)12-18(21)15-22-14-17-7-5-4-6-8-17/h4-10,18,21H,3,11-15H2,1-2H3/t18-/m0/s1. The zero-order valence-electron chi connectivity index (χ0n) is 14.1. The highest BCUT2D eigenvalue weighted by atomic mass is 32.1. The summed E-state index contributed by atoms with van der Waals surface area (Å²) in [7, 11) is 0. The Morgan fingerprint density at radius 3 is 2.61 bits per heavy atom. The van der Waals surface area contributed by atoms with Gasteiger partial charge in [0.25, 0.3) is 0 Å². The summed E-state index contributed by atoms with van der Waals surface area (Å²) in [5.74, 6) is 0. The number of aryl methyl sites for hydroxylation is 1. The molecule has 0 saturated heterocycles. The highest BCUT2D eigenvalue weighted by Crippen LogP contribution is 2.17. The minimum absolute atomic E-state index is 0.374. The molecule has 23 heavy (non-hydrogen) atoms. The van der Waals surface area contributed by atoms with E-state index in [1.54, 1.807) is 0 Å². The Morgan fingerprint density at radius 2 is 1.96 bits per heavy atom. The predicted molar refractivity (Wildman–Crippen MR) is 96.7 cm³/mol. The molecular formula is C19H27NO2S. The first-order valence-corrected chi connectivity index (χ1v) is 9.06. The molecule has 0 spiro atoms. The maximum absolute atomic E-state index is 10.2. The molecule has 126 valence electrons. The Labute approximate surface area is 143 Å². The quantitative estimate of drug-likeness (QED) is 0.717. The van der Waals surface area contributed by atoms with E-state index in [1.807, 2.05) is 41.7 Å². The van der Waals surface area contributed by atoms with E-state index in [0.29, 0.717) is 19.8 Å². The van der Waals surface area contributed by atoms with E-state index in [1.165, 1.54) is 9.75 Å². The molecule has 2 aromatic rings. The van der Waals surface area contributed by atoms with Crippen molar-refractivity contribution in [3.63, 3.8) is 0 Å². The van der Waals surface area contributed by atoms with Crippen LogP contribution < -0.4 is 0 Å². The number of hydrogen-bond acceptors (Lipinski definition) is 4. The number of benzene rings is 1. The van der Waals surface area contributed by atoms with Crippen LogP contribution in [-0.4, -0.2) is 35.8 Å². The zero-order chi connectivity index (χ0) is 16.5. The molecule has 1 atom stereocenters. The molecule has 0 radical (unpaired) electrons. The molecule has 0 fully saturated rings. The van der Waals surface area contributed by atoms with Gasteiger partial charge in [0.2, 0.25) is 0 Å². The first-order chi connectivity index (χ1) is 11.2. The topological polar surface area (TPSA) is 32.7 Å². The van der Waals surface area contributed by atoms with Crippen LogP contribution in [0.2, 0.25) is 0 Å². The van der Waals surface area contributed by atoms with Gasteiger partial charge in [0.05, 0.1) is 19.3 Å². The van der Waals surface area contributed by atoms with Gasteiger partial charge in [-0.2, -0.15) is 0 Å². The second-order valence-electron chi connectivity index (χ2n) is 5.90. The van der Waals surface area contributed by atoms with Crippen LogP contribution in [0.5, 0.6) is 0 Å². The second-order valence-corrected chi connectivity index (χ2v) is 7.27. The minimum Gasteiger partial charge on any atom is -0.389 e. The smallest absolute Gasteiger partial charge is 0.0900 e. The Hall–Kier alpha value is -1.20. The van der Waals surface area contributed by atoms with Crippen molar-refractivity contribution in [2.75, 3.05) is 19.7 Å². The number of aliphatic hydroxyl groups excluding tert-OH is 1. The number of nitrogens with zero attached hydrogens (tertiary/aromatic N) is 1. The van der Waals surface area contributed by atoms with E-state index in [9.17, 15) is 5.11 Å². The van der Waals surface area contributed by atoms with Crippen LogP contribution in [0.4, 0.5) is 0 Å². The molecule has 0 amide bonds. The Balaban J connectivity index is 1.74. The first-order valence-electron chi connectivity index (χ1n) is 8.24. The van der Waals surface area contributed by atoms with Crippen molar-refractivity contribution in [2.45, 2.75) is 39.5 Å². The molecule has 0 saturated carbocycles. The minimum atomic E-state index is -0.452. The van der Waals surface area contributed by atoms with Gasteiger partial charge in [-0.15, -0.1) is 11.3 Å². The largest absolute Gasteiger partial charge is 0.389 e. The summed E-state index contributed by atoms with van der Waals surface area (Å²) in [6.45, 7) is 7.78. The molecule has 0 unspecified atom stereocenters. The van der Waals surface area contributed by atoms with Crippen LogP contribution in [-0.2, 0) is 17.9 Å². The summed E-state index contributed by atoms with van der Waals surface area (Å²) in [5, 5.41) is 10.2. The average Bonchev–Trinajstić information content (AvgIpc) is 2.93. The van der Waals surface area contributed by atoms with Gasteiger partial charge in [-0.3, -0.25) is 4.90 Å². The van der Waals surface area contributed by atoms with E-state index in [4.69, 9.17) is 4.74 Å². The van der Waals surface area contributed by atoms with Gasteiger partial charge in [0, 0.05) is 22.8 Å². The van der Waals surface area contributed by atoms with Crippen LogP contribution in [0.1, 0.15) is 28.7 Å². The number of rotatable bonds is 10. The van der Waals surface area contributed by atoms with Crippen LogP contribution in [0.3, 0.4) is 0 Å². The molecule has 4 heteroatoms. The van der Waals surface area contributed by atoms with E-state index in [-0.39, 0.29) is 0 Å². The summed E-state index contributed by atoms with van der Waals surface area (Å²) < 4.78 is 5.64. The van der Waals surface area contributed by atoms with Crippen molar-refractivity contribution in [3.05, 3.63) is 57.8 Å². The summed E-state index contributed by atoms with van der Waals surface area (Å²) >= 11 is 1.83. The van der Waals surface area contributed by atoms with Crippen molar-refractivity contribution in [1.82, 2.24) is 4.90 Å². The lowest BCUT2D eigenvalue weighted by Crippen LogP contribution is -2.34. The van der Waals surface area contributed by atoms with Crippen molar-refractivity contribution >= 4 is 11.3 Å². The van der Waals surface area contributed by atoms with Crippen LogP contribution in [0.15, 0.2) is 42.5 Å². The molecule has 2 rings (SSSR count). The van der Waals surface area contributed by atoms with Gasteiger partial charge in [-0.05, 0) is 37.6 Å². The molecule has 0 aliphatic heterocycles. The van der Waals surface area contributed by atoms with Crippen molar-refractivity contribution in [2.24, 2.45) is 0 Å². The number of hydrogen-bond donors (Lipinski definition) is 1. The Kier molecular flexibility index (Phi) is 7.76. The van der Waals surface area contributed by atoms with E-state index < -0.39 is 6.10 Å². The monoisotopic (exact) mass is 333 g/mol. The van der Waals surface area contributed by atoms with Gasteiger partial charge in [0.15, 0.2) is 0 Å². The van der Waals surface area contributed by atoms with Crippen molar-refractivity contribution in [1.29, 1.82) is 0 Å². The Bertz CT molecular complexity index is 556. The lowest BCUT2D eigenvalue weighted by Gasteiger charge is -2.24. The number of ether oxygens (including phenoxy) is 1. The predicted octanol–water partition coefficient (Wildman–Crippen LogP) is 3.85. The van der Waals surface area contributed by atoms with Gasteiger partial charge in [0.1, 0.15) is 0 Å². The molecule has 0 aliphatic carbocycles. The fraction of sp³-hybridized carbons (Fsp3) is 0.474. The van der Waals surface area contributed by atoms with Gasteiger partial charge in [-0.25, -0.2) is 0 Å². The van der Waals surface area contributed by atoms with Crippen molar-refractivity contribution in [3.8, 4) is 0 Å². The molecule has 1 aromatic carbocycles. The first kappa shape index (κ1) is 18.1. The second kappa shape index (κ2) is 9.83. The number of aliphatic hydroxyl groups is 1. The highest BCUT2D eigenvalue weighted by molar-refractivity contribution is 7.11. The molecule has 1 heterocycles. The van der Waals surface area contributed by atoms with Gasteiger partial charge < -0.3 is 9.84 Å². The van der Waals surface area contributed by atoms with Crippen LogP contribution in [0, 0.1) is 6.92 Å².